The zero-order chi connectivity index (χ0) is 15.1. The molecule has 0 aliphatic carbocycles. The Kier molecular flexibility index (Phi) is 3.10. The van der Waals surface area contributed by atoms with E-state index in [2.05, 4.69) is 44.6 Å². The van der Waals surface area contributed by atoms with Gasteiger partial charge in [-0.3, -0.25) is 0 Å². The van der Waals surface area contributed by atoms with E-state index in [1.54, 1.807) is 10.7 Å². The normalized spacial score (nSPS) is 15.7. The number of anilines is 1. The fourth-order valence-corrected chi connectivity index (χ4v) is 3.11. The quantitative estimate of drug-likeness (QED) is 0.740. The first kappa shape index (κ1) is 13.3. The Balaban J connectivity index is 1.42. The average molecular weight is 296 g/mol. The molecular formula is C16H20N6. The molecule has 0 unspecified atom stereocenters. The van der Waals surface area contributed by atoms with Gasteiger partial charge in [-0.25, -0.2) is 14.5 Å². The predicted octanol–water partition coefficient (Wildman–Crippen LogP) is 2.19. The zero-order valence-electron chi connectivity index (χ0n) is 12.9. The maximum atomic E-state index is 4.64. The number of fused-ring (bicyclic) bond motifs is 1. The third-order valence-electron chi connectivity index (χ3n) is 4.24. The van der Waals surface area contributed by atoms with Gasteiger partial charge in [-0.1, -0.05) is 13.8 Å². The molecule has 0 spiro atoms. The molecule has 0 atom stereocenters. The van der Waals surface area contributed by atoms with Crippen molar-refractivity contribution < 1.29 is 0 Å². The lowest BCUT2D eigenvalue weighted by Crippen LogP contribution is -2.49. The third-order valence-corrected chi connectivity index (χ3v) is 4.24. The van der Waals surface area contributed by atoms with Crippen molar-refractivity contribution in [3.63, 3.8) is 0 Å². The van der Waals surface area contributed by atoms with Crippen molar-refractivity contribution in [3.05, 3.63) is 42.7 Å². The molecule has 6 heteroatoms. The van der Waals surface area contributed by atoms with E-state index < -0.39 is 0 Å². The smallest absolute Gasteiger partial charge is 0.157 e. The average Bonchev–Trinajstić information content (AvgIpc) is 3.10. The highest BCUT2D eigenvalue weighted by atomic mass is 15.3. The van der Waals surface area contributed by atoms with E-state index >= 15 is 0 Å². The van der Waals surface area contributed by atoms with Crippen LogP contribution >= 0.6 is 0 Å². The Bertz CT molecular complexity index is 781. The summed E-state index contributed by atoms with van der Waals surface area (Å²) in [4.78, 5) is 11.4. The first-order valence-electron chi connectivity index (χ1n) is 7.77. The van der Waals surface area contributed by atoms with Crippen molar-refractivity contribution in [1.82, 2.24) is 24.1 Å². The Labute approximate surface area is 129 Å². The molecule has 4 rings (SSSR count). The van der Waals surface area contributed by atoms with Crippen molar-refractivity contribution in [2.75, 3.05) is 18.0 Å². The highest BCUT2D eigenvalue weighted by Gasteiger charge is 2.28. The van der Waals surface area contributed by atoms with E-state index in [-0.39, 0.29) is 0 Å². The van der Waals surface area contributed by atoms with Gasteiger partial charge in [0, 0.05) is 56.1 Å². The molecule has 1 fully saturated rings. The van der Waals surface area contributed by atoms with Gasteiger partial charge in [-0.2, -0.15) is 5.10 Å². The molecule has 22 heavy (non-hydrogen) atoms. The maximum Gasteiger partial charge on any atom is 0.157 e. The van der Waals surface area contributed by atoms with Crippen LogP contribution in [-0.2, 0) is 6.54 Å². The van der Waals surface area contributed by atoms with Gasteiger partial charge >= 0.3 is 0 Å². The van der Waals surface area contributed by atoms with Crippen LogP contribution in [0.3, 0.4) is 0 Å². The summed E-state index contributed by atoms with van der Waals surface area (Å²) in [6.07, 6.45) is 7.74. The Morgan fingerprint density at radius 2 is 2.05 bits per heavy atom. The van der Waals surface area contributed by atoms with Crippen LogP contribution in [0.15, 0.2) is 36.9 Å². The molecule has 0 radical (unpaired) electrons. The summed E-state index contributed by atoms with van der Waals surface area (Å²) in [6, 6.07) is 3.97. The number of hydrogen-bond acceptors (Lipinski definition) is 4. The SMILES string of the molecule is CC(C)c1nccn1CC1CN(c2ccn3nccc3n2)C1. The molecule has 0 N–H and O–H groups in total. The summed E-state index contributed by atoms with van der Waals surface area (Å²) in [7, 11) is 0. The lowest BCUT2D eigenvalue weighted by Gasteiger charge is -2.40. The molecule has 1 aliphatic rings. The third kappa shape index (κ3) is 2.24. The van der Waals surface area contributed by atoms with Gasteiger partial charge < -0.3 is 9.47 Å². The summed E-state index contributed by atoms with van der Waals surface area (Å²) >= 11 is 0. The molecule has 114 valence electrons. The van der Waals surface area contributed by atoms with Crippen LogP contribution in [0.1, 0.15) is 25.6 Å². The van der Waals surface area contributed by atoms with E-state index in [0.29, 0.717) is 11.8 Å². The molecule has 1 saturated heterocycles. The van der Waals surface area contributed by atoms with E-state index in [4.69, 9.17) is 0 Å². The standard InChI is InChI=1S/C16H20N6/c1-12(2)16-17-6-8-20(16)9-13-10-21(11-13)14-4-7-22-15(19-14)3-5-18-22/h3-8,12-13H,9-11H2,1-2H3. The molecule has 3 aromatic rings. The molecule has 1 aliphatic heterocycles. The summed E-state index contributed by atoms with van der Waals surface area (Å²) < 4.78 is 4.08. The first-order valence-corrected chi connectivity index (χ1v) is 7.77. The number of rotatable bonds is 4. The molecule has 3 aromatic heterocycles. The van der Waals surface area contributed by atoms with Crippen molar-refractivity contribution in [3.8, 4) is 0 Å². The Morgan fingerprint density at radius 1 is 1.18 bits per heavy atom. The van der Waals surface area contributed by atoms with Gasteiger partial charge in [-0.15, -0.1) is 0 Å². The molecule has 6 nitrogen and oxygen atoms in total. The predicted molar refractivity (Wildman–Crippen MR) is 85.0 cm³/mol. The summed E-state index contributed by atoms with van der Waals surface area (Å²) in [6.45, 7) is 7.52. The monoisotopic (exact) mass is 296 g/mol. The number of nitrogens with zero attached hydrogens (tertiary/aromatic N) is 6. The van der Waals surface area contributed by atoms with E-state index in [1.165, 1.54) is 5.82 Å². The van der Waals surface area contributed by atoms with Crippen LogP contribution in [0, 0.1) is 5.92 Å². The van der Waals surface area contributed by atoms with E-state index in [9.17, 15) is 0 Å². The molecule has 0 aromatic carbocycles. The maximum absolute atomic E-state index is 4.64. The minimum Gasteiger partial charge on any atom is -0.356 e. The Morgan fingerprint density at radius 3 is 2.86 bits per heavy atom. The molecule has 0 saturated carbocycles. The largest absolute Gasteiger partial charge is 0.356 e. The van der Waals surface area contributed by atoms with Crippen LogP contribution in [0.2, 0.25) is 0 Å². The number of aromatic nitrogens is 5. The highest BCUT2D eigenvalue weighted by Crippen LogP contribution is 2.25. The second kappa shape index (κ2) is 5.12. The van der Waals surface area contributed by atoms with Gasteiger partial charge in [0.1, 0.15) is 11.6 Å². The van der Waals surface area contributed by atoms with Crippen molar-refractivity contribution >= 4 is 11.5 Å². The van der Waals surface area contributed by atoms with Crippen LogP contribution < -0.4 is 4.90 Å². The van der Waals surface area contributed by atoms with Crippen LogP contribution in [0.5, 0.6) is 0 Å². The van der Waals surface area contributed by atoms with E-state index in [0.717, 1.165) is 31.1 Å². The summed E-state index contributed by atoms with van der Waals surface area (Å²) in [5.74, 6) is 3.35. The zero-order valence-corrected chi connectivity index (χ0v) is 12.9. The second-order valence-electron chi connectivity index (χ2n) is 6.28. The second-order valence-corrected chi connectivity index (χ2v) is 6.28. The fourth-order valence-electron chi connectivity index (χ4n) is 3.11. The summed E-state index contributed by atoms with van der Waals surface area (Å²) in [5, 5.41) is 4.18. The number of hydrogen-bond donors (Lipinski definition) is 0. The molecule has 4 heterocycles. The van der Waals surface area contributed by atoms with Crippen LogP contribution in [0.25, 0.3) is 5.65 Å². The lowest BCUT2D eigenvalue weighted by molar-refractivity contribution is 0.349. The number of imidazole rings is 1. The topological polar surface area (TPSA) is 51.2 Å². The summed E-state index contributed by atoms with van der Waals surface area (Å²) in [5.41, 5.74) is 0.901. The Hall–Kier alpha value is -2.37. The molecule has 0 bridgehead atoms. The van der Waals surface area contributed by atoms with Crippen LogP contribution in [-0.4, -0.2) is 37.2 Å². The minimum absolute atomic E-state index is 0.470. The molecular weight excluding hydrogens is 276 g/mol. The van der Waals surface area contributed by atoms with Crippen molar-refractivity contribution in [2.24, 2.45) is 5.92 Å². The lowest BCUT2D eigenvalue weighted by atomic mass is 10.00. The van der Waals surface area contributed by atoms with E-state index in [1.807, 2.05) is 24.5 Å². The van der Waals surface area contributed by atoms with Gasteiger partial charge in [0.25, 0.3) is 0 Å². The van der Waals surface area contributed by atoms with Crippen molar-refractivity contribution in [1.29, 1.82) is 0 Å². The van der Waals surface area contributed by atoms with Gasteiger partial charge in [0.15, 0.2) is 5.65 Å². The molecule has 0 amide bonds. The van der Waals surface area contributed by atoms with Gasteiger partial charge in [0.2, 0.25) is 0 Å². The minimum atomic E-state index is 0.470. The highest BCUT2D eigenvalue weighted by molar-refractivity contribution is 5.48. The van der Waals surface area contributed by atoms with Crippen molar-refractivity contribution in [2.45, 2.75) is 26.3 Å². The fraction of sp³-hybridized carbons (Fsp3) is 0.438. The van der Waals surface area contributed by atoms with Crippen LogP contribution in [0.4, 0.5) is 5.82 Å². The van der Waals surface area contributed by atoms with Gasteiger partial charge in [0.05, 0.1) is 6.20 Å². The van der Waals surface area contributed by atoms with Gasteiger partial charge in [-0.05, 0) is 6.07 Å². The first-order chi connectivity index (χ1) is 10.7.